The molecule has 0 bridgehead atoms. The highest BCUT2D eigenvalue weighted by Gasteiger charge is 2.22. The molecular weight excluding hydrogens is 342 g/mol. The largest absolute Gasteiger partial charge is 0.508 e. The molecule has 1 saturated heterocycles. The number of rotatable bonds is 4. The second-order valence-corrected chi connectivity index (χ2v) is 7.33. The van der Waals surface area contributed by atoms with Crippen LogP contribution in [0.1, 0.15) is 26.8 Å². The Kier molecular flexibility index (Phi) is 4.70. The Bertz CT molecular complexity index is 947. The van der Waals surface area contributed by atoms with E-state index in [9.17, 15) is 5.11 Å². The van der Waals surface area contributed by atoms with Crippen LogP contribution >= 0.6 is 0 Å². The minimum absolute atomic E-state index is 0.210. The molecule has 0 spiro atoms. The van der Waals surface area contributed by atoms with Crippen LogP contribution < -0.4 is 4.90 Å². The van der Waals surface area contributed by atoms with E-state index in [0.717, 1.165) is 35.5 Å². The molecule has 4 rings (SSSR count). The number of anilines is 1. The summed E-state index contributed by atoms with van der Waals surface area (Å²) in [7, 11) is 0. The molecule has 1 N–H and O–H groups in total. The fraction of sp³-hybridized carbons (Fsp3) is 0.450. The summed E-state index contributed by atoms with van der Waals surface area (Å²) >= 11 is 0. The number of nitrogens with zero attached hydrogens (tertiary/aromatic N) is 5. The van der Waals surface area contributed by atoms with Crippen LogP contribution in [0.15, 0.2) is 30.6 Å². The lowest BCUT2D eigenvalue weighted by atomic mass is 10.1. The average molecular weight is 367 g/mol. The minimum Gasteiger partial charge on any atom is -0.508 e. The number of imidazole rings is 1. The van der Waals surface area contributed by atoms with Gasteiger partial charge < -0.3 is 19.3 Å². The third kappa shape index (κ3) is 3.35. The van der Waals surface area contributed by atoms with Gasteiger partial charge in [0.25, 0.3) is 0 Å². The fourth-order valence-electron chi connectivity index (χ4n) is 3.28. The molecule has 1 fully saturated rings. The predicted octanol–water partition coefficient (Wildman–Crippen LogP) is 3.25. The maximum Gasteiger partial charge on any atom is 0.228 e. The normalized spacial score (nSPS) is 16.2. The molecule has 7 heteroatoms. The maximum atomic E-state index is 9.93. The van der Waals surface area contributed by atoms with Crippen LogP contribution in [-0.4, -0.2) is 50.9 Å². The number of ether oxygens (including phenoxy) is 1. The van der Waals surface area contributed by atoms with E-state index in [1.54, 1.807) is 12.1 Å². The van der Waals surface area contributed by atoms with Gasteiger partial charge in [0.05, 0.1) is 19.5 Å². The first-order valence-electron chi connectivity index (χ1n) is 9.41. The molecule has 1 unspecified atom stereocenters. The number of hydrogen-bond donors (Lipinski definition) is 1. The molecule has 142 valence electrons. The lowest BCUT2D eigenvalue weighted by molar-refractivity contribution is 0.122. The van der Waals surface area contributed by atoms with Gasteiger partial charge in [-0.3, -0.25) is 0 Å². The van der Waals surface area contributed by atoms with Crippen molar-refractivity contribution in [1.82, 2.24) is 19.5 Å². The molecule has 27 heavy (non-hydrogen) atoms. The second kappa shape index (κ2) is 7.15. The van der Waals surface area contributed by atoms with Crippen LogP contribution in [0.2, 0.25) is 0 Å². The van der Waals surface area contributed by atoms with Gasteiger partial charge in [-0.25, -0.2) is 9.97 Å². The average Bonchev–Trinajstić information content (AvgIpc) is 3.11. The van der Waals surface area contributed by atoms with Gasteiger partial charge in [0.1, 0.15) is 17.0 Å². The lowest BCUT2D eigenvalue weighted by Crippen LogP contribution is -2.37. The number of aromatic hydroxyl groups is 1. The molecule has 1 atom stereocenters. The highest BCUT2D eigenvalue weighted by molar-refractivity contribution is 5.88. The SMILES string of the molecule is CC(C)C(C)n1cnc2c(-c3cccc(O)c3)nc(N3CCOCC3)nc21. The van der Waals surface area contributed by atoms with E-state index in [-0.39, 0.29) is 11.8 Å². The first-order chi connectivity index (χ1) is 13.0. The molecular formula is C20H25N5O2. The van der Waals surface area contributed by atoms with E-state index in [1.165, 1.54) is 0 Å². The quantitative estimate of drug-likeness (QED) is 0.763. The van der Waals surface area contributed by atoms with Crippen molar-refractivity contribution in [3.63, 3.8) is 0 Å². The third-order valence-corrected chi connectivity index (χ3v) is 5.23. The zero-order valence-electron chi connectivity index (χ0n) is 16.0. The van der Waals surface area contributed by atoms with Crippen LogP contribution in [0.4, 0.5) is 5.95 Å². The van der Waals surface area contributed by atoms with Gasteiger partial charge in [-0.2, -0.15) is 4.98 Å². The zero-order chi connectivity index (χ0) is 19.0. The maximum absolute atomic E-state index is 9.93. The molecule has 3 heterocycles. The van der Waals surface area contributed by atoms with Crippen LogP contribution in [0.5, 0.6) is 5.75 Å². The Morgan fingerprint density at radius 2 is 1.89 bits per heavy atom. The van der Waals surface area contributed by atoms with Gasteiger partial charge >= 0.3 is 0 Å². The van der Waals surface area contributed by atoms with E-state index in [1.807, 2.05) is 18.5 Å². The monoisotopic (exact) mass is 367 g/mol. The Morgan fingerprint density at radius 1 is 1.11 bits per heavy atom. The summed E-state index contributed by atoms with van der Waals surface area (Å²) in [4.78, 5) is 16.5. The third-order valence-electron chi connectivity index (χ3n) is 5.23. The van der Waals surface area contributed by atoms with Gasteiger partial charge in [0.15, 0.2) is 5.65 Å². The van der Waals surface area contributed by atoms with Crippen molar-refractivity contribution in [2.24, 2.45) is 5.92 Å². The van der Waals surface area contributed by atoms with Crippen LogP contribution in [0.25, 0.3) is 22.4 Å². The highest BCUT2D eigenvalue weighted by atomic mass is 16.5. The summed E-state index contributed by atoms with van der Waals surface area (Å²) < 4.78 is 7.59. The molecule has 1 aliphatic rings. The fourth-order valence-corrected chi connectivity index (χ4v) is 3.28. The first kappa shape index (κ1) is 17.7. The van der Waals surface area contributed by atoms with Crippen LogP contribution in [0.3, 0.4) is 0 Å². The molecule has 1 aromatic carbocycles. The minimum atomic E-state index is 0.210. The van der Waals surface area contributed by atoms with Gasteiger partial charge in [-0.15, -0.1) is 0 Å². The Morgan fingerprint density at radius 3 is 2.59 bits per heavy atom. The number of morpholine rings is 1. The van der Waals surface area contributed by atoms with Gasteiger partial charge in [-0.1, -0.05) is 26.0 Å². The van der Waals surface area contributed by atoms with Crippen LogP contribution in [-0.2, 0) is 4.74 Å². The van der Waals surface area contributed by atoms with Crippen molar-refractivity contribution in [2.45, 2.75) is 26.8 Å². The summed E-state index contributed by atoms with van der Waals surface area (Å²) in [5.41, 5.74) is 3.16. The van der Waals surface area contributed by atoms with E-state index < -0.39 is 0 Å². The Hall–Kier alpha value is -2.67. The van der Waals surface area contributed by atoms with Gasteiger partial charge in [0.2, 0.25) is 5.95 Å². The number of hydrogen-bond acceptors (Lipinski definition) is 6. The zero-order valence-corrected chi connectivity index (χ0v) is 16.0. The number of benzene rings is 1. The van der Waals surface area contributed by atoms with E-state index in [2.05, 4.69) is 35.2 Å². The Balaban J connectivity index is 1.92. The molecule has 7 nitrogen and oxygen atoms in total. The van der Waals surface area contributed by atoms with Gasteiger partial charge in [0, 0.05) is 24.7 Å². The van der Waals surface area contributed by atoms with Crippen molar-refractivity contribution in [1.29, 1.82) is 0 Å². The number of aromatic nitrogens is 4. The van der Waals surface area contributed by atoms with Gasteiger partial charge in [-0.05, 0) is 25.0 Å². The van der Waals surface area contributed by atoms with E-state index in [0.29, 0.717) is 25.1 Å². The van der Waals surface area contributed by atoms with Crippen molar-refractivity contribution in [2.75, 3.05) is 31.2 Å². The molecule has 0 aliphatic carbocycles. The molecule has 2 aromatic heterocycles. The second-order valence-electron chi connectivity index (χ2n) is 7.33. The molecule has 0 radical (unpaired) electrons. The number of phenolic OH excluding ortho intramolecular Hbond substituents is 1. The van der Waals surface area contributed by atoms with Crippen molar-refractivity contribution >= 4 is 17.1 Å². The lowest BCUT2D eigenvalue weighted by Gasteiger charge is -2.27. The Labute approximate surface area is 158 Å². The number of fused-ring (bicyclic) bond motifs is 1. The topological polar surface area (TPSA) is 76.3 Å². The predicted molar refractivity (Wildman–Crippen MR) is 105 cm³/mol. The summed E-state index contributed by atoms with van der Waals surface area (Å²) in [6.45, 7) is 9.43. The summed E-state index contributed by atoms with van der Waals surface area (Å²) in [6.07, 6.45) is 1.85. The molecule has 1 aliphatic heterocycles. The molecule has 0 saturated carbocycles. The van der Waals surface area contributed by atoms with Crippen molar-refractivity contribution in [3.8, 4) is 17.0 Å². The van der Waals surface area contributed by atoms with E-state index >= 15 is 0 Å². The first-order valence-corrected chi connectivity index (χ1v) is 9.41. The summed E-state index contributed by atoms with van der Waals surface area (Å²) in [5, 5.41) is 9.93. The molecule has 3 aromatic rings. The van der Waals surface area contributed by atoms with E-state index in [4.69, 9.17) is 14.7 Å². The molecule has 0 amide bonds. The van der Waals surface area contributed by atoms with Crippen molar-refractivity contribution < 1.29 is 9.84 Å². The number of phenols is 1. The van der Waals surface area contributed by atoms with Crippen LogP contribution in [0, 0.1) is 5.92 Å². The summed E-state index contributed by atoms with van der Waals surface area (Å²) in [5.74, 6) is 1.34. The summed E-state index contributed by atoms with van der Waals surface area (Å²) in [6, 6.07) is 7.40. The smallest absolute Gasteiger partial charge is 0.228 e. The highest BCUT2D eigenvalue weighted by Crippen LogP contribution is 2.31. The standard InChI is InChI=1S/C20H25N5O2/c1-13(2)14(3)25-12-21-18-17(15-5-4-6-16(26)11-15)22-20(23-19(18)25)24-7-9-27-10-8-24/h4-6,11-14,26H,7-10H2,1-3H3. The van der Waals surface area contributed by atoms with Crippen molar-refractivity contribution in [3.05, 3.63) is 30.6 Å².